The maximum atomic E-state index is 11.1. The van der Waals surface area contributed by atoms with Crippen molar-refractivity contribution in [3.63, 3.8) is 0 Å². The molecule has 1 aliphatic rings. The van der Waals surface area contributed by atoms with Crippen LogP contribution in [0.25, 0.3) is 0 Å². The number of thioether (sulfide) groups is 1. The number of hydrogen-bond donors (Lipinski definition) is 0. The van der Waals surface area contributed by atoms with Crippen LogP contribution in [0.15, 0.2) is 23.1 Å². The summed E-state index contributed by atoms with van der Waals surface area (Å²) < 4.78 is 0. The lowest BCUT2D eigenvalue weighted by atomic mass is 10.0. The Morgan fingerprint density at radius 2 is 2.33 bits per heavy atom. The summed E-state index contributed by atoms with van der Waals surface area (Å²) in [4.78, 5) is 12.3. The molecule has 62 valence electrons. The Bertz CT molecular complexity index is 331. The molecular formula is C10H10OS. The molecule has 1 heterocycles. The first-order valence-corrected chi connectivity index (χ1v) is 4.94. The smallest absolute Gasteiger partial charge is 0.198 e. The quantitative estimate of drug-likeness (QED) is 0.657. The summed E-state index contributed by atoms with van der Waals surface area (Å²) in [6, 6.07) is 6.17. The van der Waals surface area contributed by atoms with Crippen molar-refractivity contribution >= 4 is 16.9 Å². The molecule has 12 heavy (non-hydrogen) atoms. The van der Waals surface area contributed by atoms with Gasteiger partial charge in [-0.1, -0.05) is 30.8 Å². The van der Waals surface area contributed by atoms with Gasteiger partial charge in [0.2, 0.25) is 0 Å². The molecule has 0 unspecified atom stereocenters. The normalized spacial score (nSPS) is 14.9. The lowest BCUT2D eigenvalue weighted by molar-refractivity contribution is -0.110. The van der Waals surface area contributed by atoms with Crippen LogP contribution in [-0.4, -0.2) is 5.12 Å². The van der Waals surface area contributed by atoms with Crippen molar-refractivity contribution in [1.82, 2.24) is 0 Å². The highest BCUT2D eigenvalue weighted by Gasteiger charge is 2.20. The number of fused-ring (bicyclic) bond motifs is 1. The van der Waals surface area contributed by atoms with Crippen LogP contribution >= 0.6 is 11.8 Å². The molecule has 2 heteroatoms. The van der Waals surface area contributed by atoms with E-state index in [2.05, 4.69) is 13.0 Å². The van der Waals surface area contributed by atoms with E-state index < -0.39 is 0 Å². The summed E-state index contributed by atoms with van der Waals surface area (Å²) in [6.45, 7) is 2.13. The molecule has 0 radical (unpaired) electrons. The number of hydrogen-bond acceptors (Lipinski definition) is 2. The molecule has 0 aromatic heterocycles. The van der Waals surface area contributed by atoms with Crippen molar-refractivity contribution < 1.29 is 4.79 Å². The van der Waals surface area contributed by atoms with E-state index >= 15 is 0 Å². The summed E-state index contributed by atoms with van der Waals surface area (Å²) >= 11 is 1.38. The van der Waals surface area contributed by atoms with Crippen LogP contribution in [0.1, 0.15) is 18.1 Å². The number of aryl methyl sites for hydroxylation is 1. The molecule has 0 spiro atoms. The van der Waals surface area contributed by atoms with Crippen molar-refractivity contribution in [3.8, 4) is 0 Å². The highest BCUT2D eigenvalue weighted by atomic mass is 32.2. The monoisotopic (exact) mass is 178 g/mol. The maximum Gasteiger partial charge on any atom is 0.198 e. The zero-order chi connectivity index (χ0) is 8.55. The summed E-state index contributed by atoms with van der Waals surface area (Å²) in [5.74, 6) is 0. The molecule has 1 nitrogen and oxygen atoms in total. The van der Waals surface area contributed by atoms with Crippen LogP contribution < -0.4 is 0 Å². The van der Waals surface area contributed by atoms with Crippen LogP contribution in [0.3, 0.4) is 0 Å². The molecule has 1 aromatic carbocycles. The van der Waals surface area contributed by atoms with Crippen molar-refractivity contribution in [2.45, 2.75) is 24.7 Å². The van der Waals surface area contributed by atoms with Gasteiger partial charge in [0.1, 0.15) is 0 Å². The molecule has 1 aromatic rings. The van der Waals surface area contributed by atoms with E-state index in [-0.39, 0.29) is 5.12 Å². The second-order valence-electron chi connectivity index (χ2n) is 2.90. The average Bonchev–Trinajstić information content (AvgIpc) is 2.44. The lowest BCUT2D eigenvalue weighted by Crippen LogP contribution is -1.92. The fourth-order valence-corrected chi connectivity index (χ4v) is 2.48. The third-order valence-corrected chi connectivity index (χ3v) is 3.13. The van der Waals surface area contributed by atoms with Crippen molar-refractivity contribution in [3.05, 3.63) is 29.3 Å². The first kappa shape index (κ1) is 7.87. The average molecular weight is 178 g/mol. The molecule has 0 bridgehead atoms. The number of benzene rings is 1. The standard InChI is InChI=1S/C10H10OS/c1-2-7-4-3-5-9-8(7)6-10(11)12-9/h3-5H,2,6H2,1H3. The Morgan fingerprint density at radius 3 is 3.08 bits per heavy atom. The predicted molar refractivity (Wildman–Crippen MR) is 50.4 cm³/mol. The second kappa shape index (κ2) is 2.94. The predicted octanol–water partition coefficient (Wildman–Crippen LogP) is 2.42. The Balaban J connectivity index is 2.51. The largest absolute Gasteiger partial charge is 0.286 e. The van der Waals surface area contributed by atoms with Crippen LogP contribution in [0.4, 0.5) is 0 Å². The molecule has 0 atom stereocenters. The number of carbonyl (C=O) groups is 1. The van der Waals surface area contributed by atoms with Gasteiger partial charge in [-0.25, -0.2) is 0 Å². The Labute approximate surface area is 76.2 Å². The van der Waals surface area contributed by atoms with E-state index in [1.165, 1.54) is 27.8 Å². The van der Waals surface area contributed by atoms with Gasteiger partial charge in [-0.05, 0) is 23.6 Å². The van der Waals surface area contributed by atoms with E-state index in [9.17, 15) is 4.79 Å². The Morgan fingerprint density at radius 1 is 1.50 bits per heavy atom. The van der Waals surface area contributed by atoms with Gasteiger partial charge in [-0.15, -0.1) is 0 Å². The first-order chi connectivity index (χ1) is 5.81. The second-order valence-corrected chi connectivity index (χ2v) is 4.00. The van der Waals surface area contributed by atoms with E-state index in [1.807, 2.05) is 12.1 Å². The van der Waals surface area contributed by atoms with Gasteiger partial charge < -0.3 is 0 Å². The van der Waals surface area contributed by atoms with E-state index in [1.54, 1.807) is 0 Å². The summed E-state index contributed by atoms with van der Waals surface area (Å²) in [6.07, 6.45) is 1.65. The fourth-order valence-electron chi connectivity index (χ4n) is 1.54. The molecule has 0 aliphatic carbocycles. The van der Waals surface area contributed by atoms with Crippen LogP contribution in [0.5, 0.6) is 0 Å². The van der Waals surface area contributed by atoms with E-state index in [0.29, 0.717) is 6.42 Å². The van der Waals surface area contributed by atoms with Crippen LogP contribution in [0, 0.1) is 0 Å². The number of rotatable bonds is 1. The molecule has 0 amide bonds. The fraction of sp³-hybridized carbons (Fsp3) is 0.300. The SMILES string of the molecule is CCc1cccc2c1CC(=O)S2. The van der Waals surface area contributed by atoms with Crippen LogP contribution in [0.2, 0.25) is 0 Å². The van der Waals surface area contributed by atoms with Gasteiger partial charge >= 0.3 is 0 Å². The van der Waals surface area contributed by atoms with Crippen molar-refractivity contribution in [2.24, 2.45) is 0 Å². The molecule has 2 rings (SSSR count). The third kappa shape index (κ3) is 1.16. The highest BCUT2D eigenvalue weighted by molar-refractivity contribution is 8.14. The highest BCUT2D eigenvalue weighted by Crippen LogP contribution is 2.34. The minimum absolute atomic E-state index is 0.283. The van der Waals surface area contributed by atoms with Gasteiger partial charge in [0.15, 0.2) is 5.12 Å². The van der Waals surface area contributed by atoms with Gasteiger partial charge in [-0.3, -0.25) is 4.79 Å². The maximum absolute atomic E-state index is 11.1. The number of carbonyl (C=O) groups excluding carboxylic acids is 1. The summed E-state index contributed by atoms with van der Waals surface area (Å²) in [7, 11) is 0. The van der Waals surface area contributed by atoms with Gasteiger partial charge in [0.25, 0.3) is 0 Å². The van der Waals surface area contributed by atoms with Gasteiger partial charge in [-0.2, -0.15) is 0 Å². The third-order valence-electron chi connectivity index (χ3n) is 2.16. The van der Waals surface area contributed by atoms with Gasteiger partial charge in [0, 0.05) is 11.3 Å². The van der Waals surface area contributed by atoms with Crippen molar-refractivity contribution in [1.29, 1.82) is 0 Å². The molecule has 0 saturated heterocycles. The summed E-state index contributed by atoms with van der Waals surface area (Å²) in [5, 5.41) is 0.283. The molecule has 0 saturated carbocycles. The lowest BCUT2D eigenvalue weighted by Gasteiger charge is -2.02. The Kier molecular flexibility index (Phi) is 1.93. The molecule has 0 N–H and O–H groups in total. The first-order valence-electron chi connectivity index (χ1n) is 4.12. The zero-order valence-corrected chi connectivity index (χ0v) is 7.78. The van der Waals surface area contributed by atoms with E-state index in [0.717, 1.165) is 6.42 Å². The molecule has 0 fully saturated rings. The Hall–Kier alpha value is -0.760. The van der Waals surface area contributed by atoms with Crippen LogP contribution in [-0.2, 0) is 17.6 Å². The minimum Gasteiger partial charge on any atom is -0.286 e. The van der Waals surface area contributed by atoms with E-state index in [4.69, 9.17) is 0 Å². The van der Waals surface area contributed by atoms with Gasteiger partial charge in [0.05, 0.1) is 0 Å². The zero-order valence-electron chi connectivity index (χ0n) is 6.96. The van der Waals surface area contributed by atoms with Crippen molar-refractivity contribution in [2.75, 3.05) is 0 Å². The topological polar surface area (TPSA) is 17.1 Å². The summed E-state index contributed by atoms with van der Waals surface area (Å²) in [5.41, 5.74) is 2.58. The molecule has 1 aliphatic heterocycles. The molecular weight excluding hydrogens is 168 g/mol. The minimum atomic E-state index is 0.283.